The van der Waals surface area contributed by atoms with E-state index in [1.807, 2.05) is 0 Å². The van der Waals surface area contributed by atoms with Gasteiger partial charge in [-0.3, -0.25) is 4.90 Å². The van der Waals surface area contributed by atoms with E-state index in [0.717, 1.165) is 32.8 Å². The fraction of sp³-hybridized carbons (Fsp3) is 0.500. The molecule has 2 aromatic rings. The first-order chi connectivity index (χ1) is 13.4. The third-order valence-corrected chi connectivity index (χ3v) is 7.17. The molecule has 0 spiro atoms. The summed E-state index contributed by atoms with van der Waals surface area (Å²) in [4.78, 5) is 2.77. The Balaban J connectivity index is 0.00000192. The average Bonchev–Trinajstić information content (AvgIpc) is 3.07. The Morgan fingerprint density at radius 2 is 1.36 bits per heavy atom. The van der Waals surface area contributed by atoms with Gasteiger partial charge in [0.05, 0.1) is 13.2 Å². The maximum Gasteiger partial charge on any atom is 0.0594 e. The number of hydrogen-bond donors (Lipinski definition) is 1. The van der Waals surface area contributed by atoms with Crippen molar-refractivity contribution in [2.24, 2.45) is 0 Å². The van der Waals surface area contributed by atoms with Crippen molar-refractivity contribution >= 4 is 12.4 Å². The molecular weight excluding hydrogens is 368 g/mol. The monoisotopic (exact) mass is 398 g/mol. The molecule has 28 heavy (non-hydrogen) atoms. The molecule has 3 heterocycles. The Hall–Kier alpha value is -1.39. The lowest BCUT2D eigenvalue weighted by Crippen LogP contribution is -2.57. The summed E-state index contributed by atoms with van der Waals surface area (Å²) < 4.78 is 5.69. The van der Waals surface area contributed by atoms with Gasteiger partial charge in [-0.15, -0.1) is 12.4 Å². The van der Waals surface area contributed by atoms with Crippen LogP contribution in [-0.4, -0.2) is 49.3 Å². The fourth-order valence-electron chi connectivity index (χ4n) is 5.90. The zero-order chi connectivity index (χ0) is 18.1. The minimum absolute atomic E-state index is 0. The molecular formula is C24H31ClN2O. The molecule has 4 fully saturated rings. The van der Waals surface area contributed by atoms with Crippen LogP contribution in [0.3, 0.4) is 0 Å². The molecule has 2 atom stereocenters. The lowest BCUT2D eigenvalue weighted by atomic mass is 9.63. The summed E-state index contributed by atoms with van der Waals surface area (Å²) in [7, 11) is 0. The number of benzene rings is 2. The van der Waals surface area contributed by atoms with Gasteiger partial charge in [-0.25, -0.2) is 0 Å². The van der Waals surface area contributed by atoms with Crippen molar-refractivity contribution in [3.8, 4) is 0 Å². The van der Waals surface area contributed by atoms with Gasteiger partial charge in [0.1, 0.15) is 0 Å². The predicted octanol–water partition coefficient (Wildman–Crippen LogP) is 4.20. The molecule has 3 saturated heterocycles. The molecule has 4 aliphatic rings. The van der Waals surface area contributed by atoms with Gasteiger partial charge in [0.15, 0.2) is 0 Å². The van der Waals surface area contributed by atoms with E-state index in [1.165, 1.54) is 30.4 Å². The van der Waals surface area contributed by atoms with E-state index >= 15 is 0 Å². The first-order valence-electron chi connectivity index (χ1n) is 10.5. The highest BCUT2D eigenvalue weighted by molar-refractivity contribution is 5.85. The van der Waals surface area contributed by atoms with E-state index in [9.17, 15) is 0 Å². The number of fused-ring (bicyclic) bond motifs is 4. The molecule has 150 valence electrons. The molecule has 1 N–H and O–H groups in total. The van der Waals surface area contributed by atoms with Crippen LogP contribution in [0.1, 0.15) is 42.2 Å². The van der Waals surface area contributed by atoms with E-state index in [0.29, 0.717) is 17.9 Å². The third kappa shape index (κ3) is 3.61. The first-order valence-corrected chi connectivity index (χ1v) is 10.5. The molecule has 4 heteroatoms. The van der Waals surface area contributed by atoms with Crippen LogP contribution >= 0.6 is 12.4 Å². The lowest BCUT2D eigenvalue weighted by molar-refractivity contribution is -0.0432. The van der Waals surface area contributed by atoms with Crippen molar-refractivity contribution < 1.29 is 4.74 Å². The second-order valence-electron chi connectivity index (χ2n) is 8.50. The van der Waals surface area contributed by atoms with Crippen LogP contribution in [0.25, 0.3) is 0 Å². The maximum atomic E-state index is 5.69. The van der Waals surface area contributed by atoms with Gasteiger partial charge in [-0.2, -0.15) is 0 Å². The number of hydrogen-bond acceptors (Lipinski definition) is 3. The Morgan fingerprint density at radius 3 is 1.89 bits per heavy atom. The van der Waals surface area contributed by atoms with Gasteiger partial charge >= 0.3 is 0 Å². The summed E-state index contributed by atoms with van der Waals surface area (Å²) in [6, 6.07) is 22.9. The van der Waals surface area contributed by atoms with Gasteiger partial charge in [-0.1, -0.05) is 60.7 Å². The van der Waals surface area contributed by atoms with Crippen LogP contribution in [0.2, 0.25) is 0 Å². The summed E-state index contributed by atoms with van der Waals surface area (Å²) in [6.07, 6.45) is 3.77. The molecule has 2 unspecified atom stereocenters. The summed E-state index contributed by atoms with van der Waals surface area (Å²) in [5.74, 6) is 1.13. The standard InChI is InChI=1S/C24H30N2O.ClH/c1-3-7-19(8-4-1)21-17-24(26-13-15-27-16-14-26)11-12-25-23(21)22(18-24)20-9-5-2-6-10-20;/h1-10,21-23,25H,11-18H2;1H. The minimum Gasteiger partial charge on any atom is -0.379 e. The number of halogens is 1. The normalized spacial score (nSPS) is 33.1. The van der Waals surface area contributed by atoms with E-state index in [1.54, 1.807) is 0 Å². The minimum atomic E-state index is 0. The summed E-state index contributed by atoms with van der Waals surface area (Å²) in [5, 5.41) is 3.98. The molecule has 3 aliphatic heterocycles. The maximum absolute atomic E-state index is 5.69. The van der Waals surface area contributed by atoms with Crippen molar-refractivity contribution in [3.63, 3.8) is 0 Å². The predicted molar refractivity (Wildman–Crippen MR) is 116 cm³/mol. The van der Waals surface area contributed by atoms with Gasteiger partial charge in [0.25, 0.3) is 0 Å². The number of ether oxygens (including phenoxy) is 1. The van der Waals surface area contributed by atoms with Crippen LogP contribution in [0, 0.1) is 0 Å². The quantitative estimate of drug-likeness (QED) is 0.838. The summed E-state index contributed by atoms with van der Waals surface area (Å²) in [6.45, 7) is 5.03. The molecule has 6 rings (SSSR count). The van der Waals surface area contributed by atoms with Crippen molar-refractivity contribution in [1.82, 2.24) is 10.2 Å². The number of rotatable bonds is 3. The second kappa shape index (κ2) is 8.54. The fourth-order valence-corrected chi connectivity index (χ4v) is 5.90. The SMILES string of the molecule is Cl.c1ccc(C2CC3(N4CCOCC4)CCNC2C(c2ccccc2)C3)cc1. The van der Waals surface area contributed by atoms with E-state index in [-0.39, 0.29) is 17.9 Å². The van der Waals surface area contributed by atoms with Crippen molar-refractivity contribution in [3.05, 3.63) is 71.8 Å². The van der Waals surface area contributed by atoms with Gasteiger partial charge in [-0.05, 0) is 36.9 Å². The highest BCUT2D eigenvalue weighted by Crippen LogP contribution is 2.51. The third-order valence-electron chi connectivity index (χ3n) is 7.17. The largest absolute Gasteiger partial charge is 0.379 e. The molecule has 0 aromatic heterocycles. The molecule has 2 bridgehead atoms. The zero-order valence-electron chi connectivity index (χ0n) is 16.4. The molecule has 0 amide bonds. The van der Waals surface area contributed by atoms with Crippen molar-refractivity contribution in [1.29, 1.82) is 0 Å². The Kier molecular flexibility index (Phi) is 6.07. The van der Waals surface area contributed by atoms with Crippen molar-refractivity contribution in [2.45, 2.75) is 42.7 Å². The smallest absolute Gasteiger partial charge is 0.0594 e. The van der Waals surface area contributed by atoms with Crippen molar-refractivity contribution in [2.75, 3.05) is 32.8 Å². The number of nitrogens with one attached hydrogen (secondary N) is 1. The molecule has 0 radical (unpaired) electrons. The highest BCUT2D eigenvalue weighted by atomic mass is 35.5. The van der Waals surface area contributed by atoms with Crippen LogP contribution in [-0.2, 0) is 4.74 Å². The van der Waals surface area contributed by atoms with Gasteiger partial charge in [0, 0.05) is 36.5 Å². The van der Waals surface area contributed by atoms with E-state index in [2.05, 4.69) is 70.9 Å². The topological polar surface area (TPSA) is 24.5 Å². The molecule has 2 aromatic carbocycles. The lowest BCUT2D eigenvalue weighted by Gasteiger charge is -2.52. The molecule has 1 aliphatic carbocycles. The Labute approximate surface area is 174 Å². The average molecular weight is 399 g/mol. The molecule has 3 nitrogen and oxygen atoms in total. The van der Waals surface area contributed by atoms with Crippen LogP contribution in [0.5, 0.6) is 0 Å². The number of nitrogens with zero attached hydrogens (tertiary/aromatic N) is 1. The number of morpholine rings is 1. The Bertz CT molecular complexity index is 698. The van der Waals surface area contributed by atoms with E-state index < -0.39 is 0 Å². The Morgan fingerprint density at radius 1 is 0.821 bits per heavy atom. The van der Waals surface area contributed by atoms with Crippen LogP contribution in [0.15, 0.2) is 60.7 Å². The van der Waals surface area contributed by atoms with Crippen LogP contribution in [0.4, 0.5) is 0 Å². The van der Waals surface area contributed by atoms with Gasteiger partial charge < -0.3 is 10.1 Å². The zero-order valence-corrected chi connectivity index (χ0v) is 17.2. The van der Waals surface area contributed by atoms with Gasteiger partial charge in [0.2, 0.25) is 0 Å². The van der Waals surface area contributed by atoms with E-state index in [4.69, 9.17) is 4.74 Å². The highest BCUT2D eigenvalue weighted by Gasteiger charge is 2.51. The molecule has 1 saturated carbocycles. The summed E-state index contributed by atoms with van der Waals surface area (Å²) in [5.41, 5.74) is 3.27. The summed E-state index contributed by atoms with van der Waals surface area (Å²) >= 11 is 0. The van der Waals surface area contributed by atoms with Crippen LogP contribution < -0.4 is 5.32 Å². The first kappa shape index (κ1) is 19.9. The second-order valence-corrected chi connectivity index (χ2v) is 8.50.